The highest BCUT2D eigenvalue weighted by atomic mass is 35.5. The Morgan fingerprint density at radius 3 is 2.88 bits per heavy atom. The van der Waals surface area contributed by atoms with Gasteiger partial charge in [-0.15, -0.1) is 11.3 Å². The van der Waals surface area contributed by atoms with E-state index in [2.05, 4.69) is 10.3 Å². The number of nitrogens with zero attached hydrogens (tertiary/aromatic N) is 1. The van der Waals surface area contributed by atoms with Gasteiger partial charge in [0.2, 0.25) is 0 Å². The Labute approximate surface area is 112 Å². The highest BCUT2D eigenvalue weighted by Crippen LogP contribution is 2.41. The second-order valence-corrected chi connectivity index (χ2v) is 5.60. The highest BCUT2D eigenvalue weighted by molar-refractivity contribution is 7.23. The Morgan fingerprint density at radius 2 is 2.18 bits per heavy atom. The molecular weight excluding hydrogens is 277 g/mol. The smallest absolute Gasteiger partial charge is 0.130 e. The molecule has 0 atom stereocenters. The maximum atomic E-state index is 6.25. The normalized spacial score (nSPS) is 15.1. The fourth-order valence-electron chi connectivity index (χ4n) is 1.94. The fourth-order valence-corrected chi connectivity index (χ4v) is 3.43. The number of anilines is 1. The number of hydrogen-bond donors (Lipinski definition) is 2. The molecule has 0 fully saturated rings. The number of thiophene rings is 1. The first-order chi connectivity index (χ1) is 8.18. The number of fused-ring (bicyclic) bond motifs is 1. The van der Waals surface area contributed by atoms with Gasteiger partial charge in [-0.1, -0.05) is 23.2 Å². The standard InChI is InChI=1S/C11H9Cl2N3S/c12-5-1-2-6-8(9(13)10(14)17-6)7(5)11-15-3-4-16-11/h1-2H,3-4,14H2,(H,15,16). The lowest BCUT2D eigenvalue weighted by Gasteiger charge is -2.07. The first-order valence-corrected chi connectivity index (χ1v) is 6.70. The van der Waals surface area contributed by atoms with Crippen LogP contribution in [0.3, 0.4) is 0 Å². The Bertz CT molecular complexity index is 633. The van der Waals surface area contributed by atoms with E-state index >= 15 is 0 Å². The van der Waals surface area contributed by atoms with Gasteiger partial charge in [-0.3, -0.25) is 4.99 Å². The molecule has 0 radical (unpaired) electrons. The summed E-state index contributed by atoms with van der Waals surface area (Å²) in [4.78, 5) is 4.39. The molecule has 2 aromatic rings. The molecule has 1 aliphatic heterocycles. The molecule has 6 heteroatoms. The Balaban J connectivity index is 2.37. The van der Waals surface area contributed by atoms with Crippen molar-refractivity contribution in [3.63, 3.8) is 0 Å². The van der Waals surface area contributed by atoms with Crippen LogP contribution in [0.15, 0.2) is 17.1 Å². The summed E-state index contributed by atoms with van der Waals surface area (Å²) in [7, 11) is 0. The number of nitrogen functional groups attached to an aromatic ring is 1. The van der Waals surface area contributed by atoms with Crippen molar-refractivity contribution < 1.29 is 0 Å². The molecule has 0 saturated heterocycles. The highest BCUT2D eigenvalue weighted by Gasteiger charge is 2.20. The van der Waals surface area contributed by atoms with Crippen LogP contribution in [0.25, 0.3) is 10.1 Å². The topological polar surface area (TPSA) is 50.4 Å². The zero-order chi connectivity index (χ0) is 12.0. The molecule has 0 aliphatic carbocycles. The van der Waals surface area contributed by atoms with Gasteiger partial charge in [0.1, 0.15) is 10.8 Å². The minimum absolute atomic E-state index is 0.568. The summed E-state index contributed by atoms with van der Waals surface area (Å²) < 4.78 is 1.03. The number of aliphatic imine (C=N–C) groups is 1. The van der Waals surface area contributed by atoms with Crippen LogP contribution >= 0.6 is 34.5 Å². The van der Waals surface area contributed by atoms with Crippen molar-refractivity contribution in [3.05, 3.63) is 27.7 Å². The van der Waals surface area contributed by atoms with E-state index in [9.17, 15) is 0 Å². The predicted molar refractivity (Wildman–Crippen MR) is 75.7 cm³/mol. The van der Waals surface area contributed by atoms with Crippen molar-refractivity contribution in [1.29, 1.82) is 0 Å². The predicted octanol–water partition coefficient (Wildman–Crippen LogP) is 3.14. The first-order valence-electron chi connectivity index (χ1n) is 5.13. The van der Waals surface area contributed by atoms with Crippen LogP contribution in [0.5, 0.6) is 0 Å². The second-order valence-electron chi connectivity index (χ2n) is 3.73. The number of halogens is 2. The lowest BCUT2D eigenvalue weighted by atomic mass is 10.1. The van der Waals surface area contributed by atoms with E-state index in [0.29, 0.717) is 15.0 Å². The molecule has 3 N–H and O–H groups in total. The van der Waals surface area contributed by atoms with Crippen LogP contribution < -0.4 is 11.1 Å². The number of amidine groups is 1. The van der Waals surface area contributed by atoms with E-state index in [4.69, 9.17) is 28.9 Å². The molecule has 2 heterocycles. The molecule has 1 aromatic carbocycles. The molecule has 0 saturated carbocycles. The second kappa shape index (κ2) is 4.05. The van der Waals surface area contributed by atoms with Crippen molar-refractivity contribution in [1.82, 2.24) is 5.32 Å². The van der Waals surface area contributed by atoms with Crippen molar-refractivity contribution >= 4 is 55.5 Å². The van der Waals surface area contributed by atoms with Crippen LogP contribution in [0.1, 0.15) is 5.56 Å². The van der Waals surface area contributed by atoms with Crippen LogP contribution in [-0.4, -0.2) is 18.9 Å². The average molecular weight is 286 g/mol. The maximum absolute atomic E-state index is 6.25. The quantitative estimate of drug-likeness (QED) is 0.846. The van der Waals surface area contributed by atoms with Gasteiger partial charge in [0.05, 0.1) is 16.6 Å². The summed E-state index contributed by atoms with van der Waals surface area (Å²) in [6.45, 7) is 1.60. The number of nitrogens with two attached hydrogens (primary N) is 1. The summed E-state index contributed by atoms with van der Waals surface area (Å²) in [5.41, 5.74) is 6.71. The zero-order valence-corrected chi connectivity index (χ0v) is 11.1. The molecule has 1 aliphatic rings. The van der Waals surface area contributed by atoms with Gasteiger partial charge in [0.25, 0.3) is 0 Å². The maximum Gasteiger partial charge on any atom is 0.130 e. The first kappa shape index (κ1) is 11.1. The monoisotopic (exact) mass is 285 g/mol. The molecule has 0 bridgehead atoms. The summed E-state index contributed by atoms with van der Waals surface area (Å²) in [5, 5.41) is 5.94. The van der Waals surface area contributed by atoms with E-state index in [1.807, 2.05) is 12.1 Å². The SMILES string of the molecule is Nc1sc2ccc(Cl)c(C3=NCCN3)c2c1Cl. The number of rotatable bonds is 1. The number of nitrogens with one attached hydrogen (secondary N) is 1. The summed E-state index contributed by atoms with van der Waals surface area (Å²) in [6.07, 6.45) is 0. The van der Waals surface area contributed by atoms with E-state index in [-0.39, 0.29) is 0 Å². The molecule has 0 amide bonds. The van der Waals surface area contributed by atoms with Crippen LogP contribution in [0.2, 0.25) is 10.0 Å². The molecule has 1 aromatic heterocycles. The lowest BCUT2D eigenvalue weighted by molar-refractivity contribution is 0.960. The minimum atomic E-state index is 0.568. The van der Waals surface area contributed by atoms with Crippen molar-refractivity contribution in [3.8, 4) is 0 Å². The molecule has 3 rings (SSSR count). The van der Waals surface area contributed by atoms with E-state index < -0.39 is 0 Å². The van der Waals surface area contributed by atoms with Crippen LogP contribution in [0.4, 0.5) is 5.00 Å². The fraction of sp³-hybridized carbons (Fsp3) is 0.182. The summed E-state index contributed by atoms with van der Waals surface area (Å²) >= 11 is 14.0. The van der Waals surface area contributed by atoms with Crippen molar-refractivity contribution in [2.45, 2.75) is 0 Å². The van der Waals surface area contributed by atoms with Gasteiger partial charge in [-0.05, 0) is 12.1 Å². The molecule has 0 spiro atoms. The molecule has 0 unspecified atom stereocenters. The average Bonchev–Trinajstić information content (AvgIpc) is 2.91. The number of hydrogen-bond acceptors (Lipinski definition) is 4. The molecule has 17 heavy (non-hydrogen) atoms. The Kier molecular flexibility index (Phi) is 2.65. The Morgan fingerprint density at radius 1 is 1.35 bits per heavy atom. The van der Waals surface area contributed by atoms with Gasteiger partial charge in [0, 0.05) is 22.2 Å². The van der Waals surface area contributed by atoms with Gasteiger partial charge in [-0.2, -0.15) is 0 Å². The third-order valence-corrected chi connectivity index (χ3v) is 4.49. The third-order valence-electron chi connectivity index (χ3n) is 2.68. The zero-order valence-electron chi connectivity index (χ0n) is 8.76. The van der Waals surface area contributed by atoms with Crippen molar-refractivity contribution in [2.75, 3.05) is 18.8 Å². The van der Waals surface area contributed by atoms with E-state index in [1.54, 1.807) is 0 Å². The summed E-state index contributed by atoms with van der Waals surface area (Å²) in [6, 6.07) is 3.79. The van der Waals surface area contributed by atoms with Crippen LogP contribution in [-0.2, 0) is 0 Å². The van der Waals surface area contributed by atoms with Crippen LogP contribution in [0, 0.1) is 0 Å². The van der Waals surface area contributed by atoms with Gasteiger partial charge < -0.3 is 11.1 Å². The molecule has 3 nitrogen and oxygen atoms in total. The Hall–Kier alpha value is -0.970. The van der Waals surface area contributed by atoms with E-state index in [1.165, 1.54) is 11.3 Å². The minimum Gasteiger partial charge on any atom is -0.389 e. The molecule has 88 valence electrons. The van der Waals surface area contributed by atoms with E-state index in [0.717, 1.165) is 34.6 Å². The third kappa shape index (κ3) is 1.68. The summed E-state index contributed by atoms with van der Waals surface area (Å²) in [5.74, 6) is 0.806. The van der Waals surface area contributed by atoms with Gasteiger partial charge in [0.15, 0.2) is 0 Å². The van der Waals surface area contributed by atoms with Gasteiger partial charge >= 0.3 is 0 Å². The van der Waals surface area contributed by atoms with Gasteiger partial charge in [-0.25, -0.2) is 0 Å². The molecular formula is C11H9Cl2N3S. The van der Waals surface area contributed by atoms with Crippen molar-refractivity contribution in [2.24, 2.45) is 4.99 Å². The number of benzene rings is 1. The largest absolute Gasteiger partial charge is 0.389 e. The lowest BCUT2D eigenvalue weighted by Crippen LogP contribution is -2.20.